The number of anilines is 1. The molecule has 37 heavy (non-hydrogen) atoms. The van der Waals surface area contributed by atoms with Crippen molar-refractivity contribution in [3.63, 3.8) is 0 Å². The van der Waals surface area contributed by atoms with Crippen LogP contribution >= 0.6 is 0 Å². The Hall–Kier alpha value is -3.09. The van der Waals surface area contributed by atoms with Gasteiger partial charge in [0.1, 0.15) is 0 Å². The van der Waals surface area contributed by atoms with Crippen LogP contribution in [0.5, 0.6) is 0 Å². The van der Waals surface area contributed by atoms with E-state index < -0.39 is 25.8 Å². The number of benzene rings is 2. The molecule has 0 unspecified atom stereocenters. The summed E-state index contributed by atoms with van der Waals surface area (Å²) in [4.78, 5) is 13.0. The van der Waals surface area contributed by atoms with Gasteiger partial charge in [-0.25, -0.2) is 16.8 Å². The topological polar surface area (TPSA) is 140 Å². The summed E-state index contributed by atoms with van der Waals surface area (Å²) in [6.45, 7) is 4.95. The Bertz CT molecular complexity index is 1390. The minimum absolute atomic E-state index is 0.102. The van der Waals surface area contributed by atoms with E-state index in [0.717, 1.165) is 37.5 Å². The number of sulfone groups is 1. The second kappa shape index (κ2) is 12.4. The number of amides is 1. The number of aromatic nitrogens is 2. The van der Waals surface area contributed by atoms with E-state index in [9.17, 15) is 21.6 Å². The molecule has 12 heteroatoms. The van der Waals surface area contributed by atoms with Gasteiger partial charge in [-0.15, -0.1) is 5.10 Å². The smallest absolute Gasteiger partial charge is 0.322 e. The van der Waals surface area contributed by atoms with Crippen molar-refractivity contribution >= 4 is 31.8 Å². The van der Waals surface area contributed by atoms with Crippen LogP contribution in [0.3, 0.4) is 0 Å². The summed E-state index contributed by atoms with van der Waals surface area (Å²) in [7, 11) is -6.94. The zero-order valence-electron chi connectivity index (χ0n) is 21.2. The minimum Gasteiger partial charge on any atom is -0.407 e. The van der Waals surface area contributed by atoms with Crippen molar-refractivity contribution in [1.29, 1.82) is 0 Å². The third-order valence-corrected chi connectivity index (χ3v) is 8.71. The molecule has 1 aromatic heterocycles. The maximum absolute atomic E-state index is 13.1. The van der Waals surface area contributed by atoms with Gasteiger partial charge in [0.2, 0.25) is 15.9 Å². The van der Waals surface area contributed by atoms with Gasteiger partial charge in [0, 0.05) is 24.9 Å². The average Bonchev–Trinajstić information content (AvgIpc) is 3.30. The number of nitrogens with one attached hydrogen (secondary N) is 1. The maximum Gasteiger partial charge on any atom is 0.322 e. The van der Waals surface area contributed by atoms with E-state index in [4.69, 9.17) is 4.42 Å². The lowest BCUT2D eigenvalue weighted by molar-refractivity contribution is 0.102. The van der Waals surface area contributed by atoms with Crippen LogP contribution in [-0.4, -0.2) is 56.6 Å². The second-order valence-electron chi connectivity index (χ2n) is 8.68. The van der Waals surface area contributed by atoms with Crippen LogP contribution in [0.1, 0.15) is 61.3 Å². The van der Waals surface area contributed by atoms with E-state index in [1.54, 1.807) is 12.1 Å². The summed E-state index contributed by atoms with van der Waals surface area (Å²) in [6.07, 6.45) is 4.74. The summed E-state index contributed by atoms with van der Waals surface area (Å²) in [5.41, 5.74) is 1.00. The zero-order valence-corrected chi connectivity index (χ0v) is 22.8. The second-order valence-corrected chi connectivity index (χ2v) is 12.6. The molecule has 2 aromatic carbocycles. The molecule has 0 bridgehead atoms. The highest BCUT2D eigenvalue weighted by atomic mass is 32.2. The zero-order chi connectivity index (χ0) is 27.1. The number of hydrogen-bond acceptors (Lipinski definition) is 8. The van der Waals surface area contributed by atoms with Gasteiger partial charge in [0.15, 0.2) is 9.84 Å². The fourth-order valence-electron chi connectivity index (χ4n) is 3.52. The fourth-order valence-corrected chi connectivity index (χ4v) is 5.67. The molecule has 1 N–H and O–H groups in total. The van der Waals surface area contributed by atoms with Crippen LogP contribution < -0.4 is 5.32 Å². The molecular formula is C25H32N4O6S2. The van der Waals surface area contributed by atoms with Crippen molar-refractivity contribution in [3.8, 4) is 0 Å². The largest absolute Gasteiger partial charge is 0.407 e. The molecule has 0 fully saturated rings. The molecule has 10 nitrogen and oxygen atoms in total. The number of hydrogen-bond donors (Lipinski definition) is 1. The van der Waals surface area contributed by atoms with E-state index in [0.29, 0.717) is 13.1 Å². The lowest BCUT2D eigenvalue weighted by atomic mass is 10.1. The van der Waals surface area contributed by atoms with Gasteiger partial charge in [0.05, 0.1) is 16.2 Å². The van der Waals surface area contributed by atoms with Gasteiger partial charge >= 0.3 is 6.01 Å². The van der Waals surface area contributed by atoms with Crippen molar-refractivity contribution in [1.82, 2.24) is 14.5 Å². The number of carbonyl (C=O) groups is 1. The maximum atomic E-state index is 13.1. The molecule has 3 rings (SSSR count). The Morgan fingerprint density at radius 3 is 1.97 bits per heavy atom. The van der Waals surface area contributed by atoms with E-state index >= 15 is 0 Å². The van der Waals surface area contributed by atoms with Crippen LogP contribution in [0.4, 0.5) is 6.01 Å². The SMILES string of the molecule is CCCCN(CCCC)S(=O)(=O)c1ccc(C(=O)Nc2nnc(Cc3ccc(S(C)(=O)=O)cc3)o2)cc1. The lowest BCUT2D eigenvalue weighted by Gasteiger charge is -2.22. The van der Waals surface area contributed by atoms with E-state index in [-0.39, 0.29) is 33.7 Å². The first-order chi connectivity index (χ1) is 17.5. The van der Waals surface area contributed by atoms with Crippen molar-refractivity contribution in [2.75, 3.05) is 24.7 Å². The fraction of sp³-hybridized carbons (Fsp3) is 0.400. The molecule has 0 saturated heterocycles. The molecule has 200 valence electrons. The van der Waals surface area contributed by atoms with Gasteiger partial charge in [-0.3, -0.25) is 10.1 Å². The summed E-state index contributed by atoms with van der Waals surface area (Å²) in [5.74, 6) is -0.284. The predicted molar refractivity (Wildman–Crippen MR) is 140 cm³/mol. The average molecular weight is 549 g/mol. The molecular weight excluding hydrogens is 516 g/mol. The first-order valence-corrected chi connectivity index (χ1v) is 15.4. The van der Waals surface area contributed by atoms with E-state index in [1.807, 2.05) is 13.8 Å². The third kappa shape index (κ3) is 7.70. The van der Waals surface area contributed by atoms with Gasteiger partial charge in [-0.05, 0) is 54.8 Å². The van der Waals surface area contributed by atoms with Gasteiger partial charge < -0.3 is 4.42 Å². The Labute approximate surface area is 218 Å². The van der Waals surface area contributed by atoms with Crippen LogP contribution in [0.15, 0.2) is 62.7 Å². The van der Waals surface area contributed by atoms with Crippen molar-refractivity contribution in [2.45, 2.75) is 55.7 Å². The molecule has 3 aromatic rings. The summed E-state index contributed by atoms with van der Waals surface area (Å²) >= 11 is 0. The summed E-state index contributed by atoms with van der Waals surface area (Å²) in [5, 5.41) is 10.2. The molecule has 0 aliphatic heterocycles. The molecule has 0 saturated carbocycles. The molecule has 1 amide bonds. The normalized spacial score (nSPS) is 12.1. The number of sulfonamides is 1. The van der Waals surface area contributed by atoms with E-state index in [2.05, 4.69) is 15.5 Å². The highest BCUT2D eigenvalue weighted by Crippen LogP contribution is 2.19. The molecule has 0 spiro atoms. The Morgan fingerprint density at radius 1 is 0.865 bits per heavy atom. The molecule has 0 aliphatic rings. The van der Waals surface area contributed by atoms with Crippen LogP contribution in [0.2, 0.25) is 0 Å². The quantitative estimate of drug-likeness (QED) is 0.339. The van der Waals surface area contributed by atoms with E-state index in [1.165, 1.54) is 40.7 Å². The number of unbranched alkanes of at least 4 members (excludes halogenated alkanes) is 2. The third-order valence-electron chi connectivity index (χ3n) is 5.67. The molecule has 1 heterocycles. The summed E-state index contributed by atoms with van der Waals surface area (Å²) in [6, 6.07) is 11.9. The van der Waals surface area contributed by atoms with Gasteiger partial charge in [-0.2, -0.15) is 4.31 Å². The molecule has 0 aliphatic carbocycles. The lowest BCUT2D eigenvalue weighted by Crippen LogP contribution is -2.33. The molecule has 0 atom stereocenters. The standard InChI is InChI=1S/C25H32N4O6S2/c1-4-6-16-29(17-7-5-2)37(33,34)22-14-10-20(11-15-22)24(30)26-25-28-27-23(35-25)18-19-8-12-21(13-9-19)36(3,31)32/h8-15H,4-7,16-18H2,1-3H3,(H,26,28,30). The highest BCUT2D eigenvalue weighted by Gasteiger charge is 2.24. The Kier molecular flexibility index (Phi) is 9.57. The van der Waals surface area contributed by atoms with Crippen molar-refractivity contribution in [3.05, 3.63) is 65.5 Å². The van der Waals surface area contributed by atoms with Gasteiger partial charge in [-0.1, -0.05) is 43.9 Å². The number of nitrogens with zero attached hydrogens (tertiary/aromatic N) is 3. The van der Waals surface area contributed by atoms with Crippen LogP contribution in [-0.2, 0) is 26.3 Å². The molecule has 0 radical (unpaired) electrons. The van der Waals surface area contributed by atoms with Gasteiger partial charge in [0.25, 0.3) is 5.91 Å². The first kappa shape index (κ1) is 28.5. The highest BCUT2D eigenvalue weighted by molar-refractivity contribution is 7.90. The summed E-state index contributed by atoms with van der Waals surface area (Å²) < 4.78 is 56.4. The first-order valence-electron chi connectivity index (χ1n) is 12.1. The van der Waals surface area contributed by atoms with Crippen LogP contribution in [0.25, 0.3) is 0 Å². The minimum atomic E-state index is -3.66. The Morgan fingerprint density at radius 2 is 1.43 bits per heavy atom. The number of rotatable bonds is 13. The van der Waals surface area contributed by atoms with Crippen molar-refractivity contribution in [2.24, 2.45) is 0 Å². The number of carbonyl (C=O) groups excluding carboxylic acids is 1. The monoisotopic (exact) mass is 548 g/mol. The van der Waals surface area contributed by atoms with Crippen molar-refractivity contribution < 1.29 is 26.0 Å². The Balaban J connectivity index is 1.65. The predicted octanol–water partition coefficient (Wildman–Crippen LogP) is 3.91. The van der Waals surface area contributed by atoms with Crippen LogP contribution in [0, 0.1) is 0 Å².